The monoisotopic (exact) mass is 172 g/mol. The zero-order valence-electron chi connectivity index (χ0n) is 6.98. The summed E-state index contributed by atoms with van der Waals surface area (Å²) in [7, 11) is 1.69. The molecule has 0 aromatic carbocycles. The molecule has 11 heavy (non-hydrogen) atoms. The van der Waals surface area contributed by atoms with Crippen LogP contribution in [0, 0.1) is 0 Å². The Kier molecular flexibility index (Phi) is 3.01. The highest BCUT2D eigenvalue weighted by Crippen LogP contribution is 2.28. The third kappa shape index (κ3) is 2.00. The van der Waals surface area contributed by atoms with Gasteiger partial charge in [0.25, 0.3) is 0 Å². The standard InChI is InChI=1S/C9H13ClO/c1-3-7-4-5-8(11-2)6-9(7)10/h6H,3-5H2,1-2H3. The maximum Gasteiger partial charge on any atom is 0.0973 e. The van der Waals surface area contributed by atoms with Crippen molar-refractivity contribution in [2.24, 2.45) is 0 Å². The zero-order chi connectivity index (χ0) is 8.27. The highest BCUT2D eigenvalue weighted by molar-refractivity contribution is 6.31. The summed E-state index contributed by atoms with van der Waals surface area (Å²) in [5.41, 5.74) is 1.34. The van der Waals surface area contributed by atoms with E-state index in [1.807, 2.05) is 6.08 Å². The first kappa shape index (κ1) is 8.66. The van der Waals surface area contributed by atoms with E-state index >= 15 is 0 Å². The maximum absolute atomic E-state index is 5.98. The Morgan fingerprint density at radius 2 is 2.27 bits per heavy atom. The molecule has 2 heteroatoms. The Balaban J connectivity index is 2.76. The van der Waals surface area contributed by atoms with E-state index in [-0.39, 0.29) is 0 Å². The summed E-state index contributed by atoms with van der Waals surface area (Å²) in [6.45, 7) is 2.13. The Hall–Kier alpha value is -0.430. The molecule has 62 valence electrons. The second-order valence-corrected chi connectivity index (χ2v) is 3.03. The lowest BCUT2D eigenvalue weighted by Crippen LogP contribution is -1.97. The SMILES string of the molecule is CCC1=C(Cl)C=C(OC)CC1. The fourth-order valence-electron chi connectivity index (χ4n) is 1.22. The van der Waals surface area contributed by atoms with E-state index < -0.39 is 0 Å². The van der Waals surface area contributed by atoms with Gasteiger partial charge in [0.15, 0.2) is 0 Å². The number of hydrogen-bond donors (Lipinski definition) is 0. The summed E-state index contributed by atoms with van der Waals surface area (Å²) in [5, 5.41) is 0.871. The van der Waals surface area contributed by atoms with E-state index in [0.29, 0.717) is 0 Å². The first-order chi connectivity index (χ1) is 5.27. The second-order valence-electron chi connectivity index (χ2n) is 2.62. The van der Waals surface area contributed by atoms with Crippen molar-refractivity contribution in [2.75, 3.05) is 7.11 Å². The number of allylic oxidation sites excluding steroid dienone is 4. The van der Waals surface area contributed by atoms with Gasteiger partial charge in [-0.25, -0.2) is 0 Å². The summed E-state index contributed by atoms with van der Waals surface area (Å²) in [4.78, 5) is 0. The molecule has 0 atom stereocenters. The van der Waals surface area contributed by atoms with Crippen LogP contribution < -0.4 is 0 Å². The number of rotatable bonds is 2. The summed E-state index contributed by atoms with van der Waals surface area (Å²) in [6.07, 6.45) is 5.01. The van der Waals surface area contributed by atoms with Crippen molar-refractivity contribution in [2.45, 2.75) is 26.2 Å². The molecule has 0 fully saturated rings. The van der Waals surface area contributed by atoms with Crippen LogP contribution in [0.15, 0.2) is 22.4 Å². The lowest BCUT2D eigenvalue weighted by atomic mass is 10.0. The molecule has 0 saturated carbocycles. The average molecular weight is 173 g/mol. The molecule has 0 radical (unpaired) electrons. The normalized spacial score (nSPS) is 18.3. The van der Waals surface area contributed by atoms with Gasteiger partial charge in [-0.05, 0) is 18.9 Å². The Morgan fingerprint density at radius 3 is 2.73 bits per heavy atom. The first-order valence-corrected chi connectivity index (χ1v) is 4.27. The van der Waals surface area contributed by atoms with Crippen molar-refractivity contribution in [1.29, 1.82) is 0 Å². The van der Waals surface area contributed by atoms with Crippen molar-refractivity contribution in [1.82, 2.24) is 0 Å². The predicted molar refractivity (Wildman–Crippen MR) is 47.5 cm³/mol. The van der Waals surface area contributed by atoms with Crippen LogP contribution >= 0.6 is 11.6 Å². The van der Waals surface area contributed by atoms with E-state index in [4.69, 9.17) is 16.3 Å². The van der Waals surface area contributed by atoms with Crippen molar-refractivity contribution in [3.8, 4) is 0 Å². The minimum atomic E-state index is 0.871. The predicted octanol–water partition coefficient (Wildman–Crippen LogP) is 3.21. The maximum atomic E-state index is 5.98. The minimum Gasteiger partial charge on any atom is -0.501 e. The molecule has 0 heterocycles. The summed E-state index contributed by atoms with van der Waals surface area (Å²) in [5.74, 6) is 0.993. The van der Waals surface area contributed by atoms with Crippen LogP contribution in [0.25, 0.3) is 0 Å². The second kappa shape index (κ2) is 3.82. The molecule has 0 N–H and O–H groups in total. The summed E-state index contributed by atoms with van der Waals surface area (Å²) >= 11 is 5.98. The molecule has 0 saturated heterocycles. The zero-order valence-corrected chi connectivity index (χ0v) is 7.74. The van der Waals surface area contributed by atoms with E-state index in [0.717, 1.165) is 30.1 Å². The van der Waals surface area contributed by atoms with E-state index in [1.54, 1.807) is 7.11 Å². The number of halogens is 1. The number of methoxy groups -OCH3 is 1. The van der Waals surface area contributed by atoms with Gasteiger partial charge >= 0.3 is 0 Å². The van der Waals surface area contributed by atoms with Gasteiger partial charge in [0.1, 0.15) is 0 Å². The lowest BCUT2D eigenvalue weighted by molar-refractivity contribution is 0.275. The summed E-state index contributed by atoms with van der Waals surface area (Å²) < 4.78 is 5.10. The highest BCUT2D eigenvalue weighted by atomic mass is 35.5. The average Bonchev–Trinajstić information content (AvgIpc) is 2.04. The van der Waals surface area contributed by atoms with Gasteiger partial charge in [-0.3, -0.25) is 0 Å². The fourth-order valence-corrected chi connectivity index (χ4v) is 1.57. The molecule has 0 aromatic heterocycles. The molecule has 0 unspecified atom stereocenters. The number of hydrogen-bond acceptors (Lipinski definition) is 1. The smallest absolute Gasteiger partial charge is 0.0973 e. The van der Waals surface area contributed by atoms with Crippen LogP contribution in [0.5, 0.6) is 0 Å². The molecular formula is C9H13ClO. The van der Waals surface area contributed by atoms with Gasteiger partial charge in [0.2, 0.25) is 0 Å². The van der Waals surface area contributed by atoms with E-state index in [2.05, 4.69) is 6.92 Å². The molecule has 1 aliphatic carbocycles. The Morgan fingerprint density at radius 1 is 1.55 bits per heavy atom. The van der Waals surface area contributed by atoms with Crippen molar-refractivity contribution < 1.29 is 4.74 Å². The third-order valence-electron chi connectivity index (χ3n) is 1.99. The third-order valence-corrected chi connectivity index (χ3v) is 2.36. The van der Waals surface area contributed by atoms with Crippen LogP contribution in [0.3, 0.4) is 0 Å². The summed E-state index contributed by atoms with van der Waals surface area (Å²) in [6, 6.07) is 0. The van der Waals surface area contributed by atoms with Crippen LogP contribution in [-0.4, -0.2) is 7.11 Å². The van der Waals surface area contributed by atoms with Crippen LogP contribution in [-0.2, 0) is 4.74 Å². The first-order valence-electron chi connectivity index (χ1n) is 3.90. The van der Waals surface area contributed by atoms with Crippen LogP contribution in [0.1, 0.15) is 26.2 Å². The molecule has 1 aliphatic rings. The topological polar surface area (TPSA) is 9.23 Å². The molecule has 1 nitrogen and oxygen atoms in total. The van der Waals surface area contributed by atoms with Gasteiger partial charge in [0, 0.05) is 11.5 Å². The Labute approximate surface area is 72.7 Å². The number of ether oxygens (including phenoxy) is 1. The molecule has 0 aromatic rings. The molecule has 0 spiro atoms. The molecule has 1 rings (SSSR count). The van der Waals surface area contributed by atoms with Gasteiger partial charge in [-0.15, -0.1) is 0 Å². The van der Waals surface area contributed by atoms with Crippen molar-refractivity contribution in [3.05, 3.63) is 22.4 Å². The van der Waals surface area contributed by atoms with E-state index in [1.165, 1.54) is 5.57 Å². The fraction of sp³-hybridized carbons (Fsp3) is 0.556. The largest absolute Gasteiger partial charge is 0.501 e. The van der Waals surface area contributed by atoms with Gasteiger partial charge < -0.3 is 4.74 Å². The van der Waals surface area contributed by atoms with Gasteiger partial charge in [-0.1, -0.05) is 24.1 Å². The molecule has 0 bridgehead atoms. The van der Waals surface area contributed by atoms with Crippen molar-refractivity contribution >= 4 is 11.6 Å². The molecule has 0 amide bonds. The molecular weight excluding hydrogens is 160 g/mol. The van der Waals surface area contributed by atoms with Crippen molar-refractivity contribution in [3.63, 3.8) is 0 Å². The quantitative estimate of drug-likeness (QED) is 0.622. The minimum absolute atomic E-state index is 0.871. The lowest BCUT2D eigenvalue weighted by Gasteiger charge is -2.14. The molecule has 0 aliphatic heterocycles. The Bertz CT molecular complexity index is 204. The highest BCUT2D eigenvalue weighted by Gasteiger charge is 2.10. The van der Waals surface area contributed by atoms with Crippen LogP contribution in [0.4, 0.5) is 0 Å². The van der Waals surface area contributed by atoms with Gasteiger partial charge in [-0.2, -0.15) is 0 Å². The van der Waals surface area contributed by atoms with E-state index in [9.17, 15) is 0 Å². The van der Waals surface area contributed by atoms with Crippen LogP contribution in [0.2, 0.25) is 0 Å². The van der Waals surface area contributed by atoms with Gasteiger partial charge in [0.05, 0.1) is 12.9 Å².